The van der Waals surface area contributed by atoms with Crippen LogP contribution >= 0.6 is 0 Å². The molecule has 0 saturated heterocycles. The van der Waals surface area contributed by atoms with Crippen molar-refractivity contribution in [3.63, 3.8) is 0 Å². The van der Waals surface area contributed by atoms with E-state index in [1.807, 2.05) is 6.92 Å². The van der Waals surface area contributed by atoms with Crippen molar-refractivity contribution in [3.8, 4) is 0 Å². The van der Waals surface area contributed by atoms with E-state index in [1.54, 1.807) is 0 Å². The fourth-order valence-electron chi connectivity index (χ4n) is 2.20. The summed E-state index contributed by atoms with van der Waals surface area (Å²) in [4.78, 5) is 0. The lowest BCUT2D eigenvalue weighted by molar-refractivity contribution is -0.00475. The zero-order valence-corrected chi connectivity index (χ0v) is 11.8. The molecule has 2 rings (SSSR count). The van der Waals surface area contributed by atoms with E-state index in [4.69, 9.17) is 4.74 Å². The van der Waals surface area contributed by atoms with Crippen molar-refractivity contribution in [1.82, 2.24) is 10.0 Å². The highest BCUT2D eigenvalue weighted by Gasteiger charge is 2.32. The lowest BCUT2D eigenvalue weighted by Gasteiger charge is -2.35. The van der Waals surface area contributed by atoms with Crippen LogP contribution < -0.4 is 10.0 Å². The molecule has 2 aliphatic carbocycles. The molecule has 5 nitrogen and oxygen atoms in total. The third kappa shape index (κ3) is 4.84. The predicted molar refractivity (Wildman–Crippen MR) is 71.0 cm³/mol. The molecule has 0 radical (unpaired) electrons. The van der Waals surface area contributed by atoms with Crippen LogP contribution in [0.25, 0.3) is 0 Å². The average Bonchev–Trinajstić information content (AvgIpc) is 3.05. The van der Waals surface area contributed by atoms with Gasteiger partial charge in [-0.15, -0.1) is 0 Å². The van der Waals surface area contributed by atoms with Crippen LogP contribution in [0.5, 0.6) is 0 Å². The van der Waals surface area contributed by atoms with Gasteiger partial charge in [-0.2, -0.15) is 0 Å². The van der Waals surface area contributed by atoms with E-state index >= 15 is 0 Å². The Bertz CT molecular complexity index is 348. The molecule has 2 fully saturated rings. The first-order valence-electron chi connectivity index (χ1n) is 6.94. The molecule has 0 aromatic rings. The summed E-state index contributed by atoms with van der Waals surface area (Å²) in [6.45, 7) is 3.47. The quantitative estimate of drug-likeness (QED) is 0.606. The molecule has 106 valence electrons. The molecule has 0 atom stereocenters. The first kappa shape index (κ1) is 14.2. The molecule has 2 N–H and O–H groups in total. The third-order valence-corrected chi connectivity index (χ3v) is 4.96. The maximum atomic E-state index is 11.8. The Kier molecular flexibility index (Phi) is 5.00. The minimum absolute atomic E-state index is 0.0861. The number of sulfonamides is 1. The van der Waals surface area contributed by atoms with Crippen molar-refractivity contribution in [3.05, 3.63) is 0 Å². The van der Waals surface area contributed by atoms with Crippen LogP contribution in [0.1, 0.15) is 39.0 Å². The van der Waals surface area contributed by atoms with Crippen LogP contribution in [0.2, 0.25) is 0 Å². The molecule has 0 aromatic carbocycles. The molecule has 2 saturated carbocycles. The largest absolute Gasteiger partial charge is 0.378 e. The van der Waals surface area contributed by atoms with Crippen molar-refractivity contribution in [2.45, 2.75) is 57.2 Å². The zero-order valence-electron chi connectivity index (χ0n) is 11.0. The minimum Gasteiger partial charge on any atom is -0.378 e. The van der Waals surface area contributed by atoms with Gasteiger partial charge in [0.25, 0.3) is 0 Å². The third-order valence-electron chi connectivity index (χ3n) is 3.44. The first-order valence-corrected chi connectivity index (χ1v) is 8.59. The van der Waals surface area contributed by atoms with E-state index < -0.39 is 10.0 Å². The molecule has 0 aromatic heterocycles. The van der Waals surface area contributed by atoms with Gasteiger partial charge in [0.1, 0.15) is 0 Å². The molecular weight excluding hydrogens is 252 g/mol. The lowest BCUT2D eigenvalue weighted by Crippen LogP contribution is -2.48. The second kappa shape index (κ2) is 6.32. The summed E-state index contributed by atoms with van der Waals surface area (Å²) in [7, 11) is -3.10. The van der Waals surface area contributed by atoms with E-state index in [-0.39, 0.29) is 17.9 Å². The van der Waals surface area contributed by atoms with Gasteiger partial charge < -0.3 is 10.1 Å². The number of ether oxygens (including phenoxy) is 1. The molecule has 18 heavy (non-hydrogen) atoms. The molecular formula is C12H24N2O3S. The van der Waals surface area contributed by atoms with Gasteiger partial charge in [-0.25, -0.2) is 13.1 Å². The van der Waals surface area contributed by atoms with Gasteiger partial charge in [-0.05, 0) is 45.6 Å². The zero-order chi connectivity index (χ0) is 13.0. The smallest absolute Gasteiger partial charge is 0.211 e. The van der Waals surface area contributed by atoms with Crippen molar-refractivity contribution in [1.29, 1.82) is 0 Å². The highest BCUT2D eigenvalue weighted by Crippen LogP contribution is 2.24. The summed E-state index contributed by atoms with van der Waals surface area (Å²) in [5.41, 5.74) is 0. The van der Waals surface area contributed by atoms with E-state index in [9.17, 15) is 8.42 Å². The first-order chi connectivity index (χ1) is 8.59. The van der Waals surface area contributed by atoms with Crippen LogP contribution in [0.3, 0.4) is 0 Å². The highest BCUT2D eigenvalue weighted by atomic mass is 32.2. The summed E-state index contributed by atoms with van der Waals surface area (Å²) in [5.74, 6) is 0.225. The van der Waals surface area contributed by atoms with Gasteiger partial charge in [-0.1, -0.05) is 0 Å². The van der Waals surface area contributed by atoms with Gasteiger partial charge >= 0.3 is 0 Å². The van der Waals surface area contributed by atoms with Crippen LogP contribution in [-0.4, -0.2) is 45.5 Å². The second-order valence-corrected chi connectivity index (χ2v) is 7.14. The summed E-state index contributed by atoms with van der Waals surface area (Å²) in [6.07, 6.45) is 5.05. The summed E-state index contributed by atoms with van der Waals surface area (Å²) >= 11 is 0. The summed E-state index contributed by atoms with van der Waals surface area (Å²) in [5, 5.41) is 3.32. The molecule has 0 aliphatic heterocycles. The Morgan fingerprint density at radius 2 is 1.94 bits per heavy atom. The van der Waals surface area contributed by atoms with Crippen LogP contribution in [0.4, 0.5) is 0 Å². The van der Waals surface area contributed by atoms with Crippen molar-refractivity contribution < 1.29 is 13.2 Å². The maximum absolute atomic E-state index is 11.8. The topological polar surface area (TPSA) is 67.4 Å². The fourth-order valence-corrected chi connectivity index (χ4v) is 3.54. The van der Waals surface area contributed by atoms with Gasteiger partial charge in [0, 0.05) is 18.7 Å². The monoisotopic (exact) mass is 276 g/mol. The molecule has 2 aliphatic rings. The number of hydrogen-bond acceptors (Lipinski definition) is 4. The van der Waals surface area contributed by atoms with Crippen molar-refractivity contribution >= 4 is 10.0 Å². The van der Waals surface area contributed by atoms with Crippen LogP contribution in [-0.2, 0) is 14.8 Å². The SMILES string of the molecule is CCOC1CC(NS(=O)(=O)CCCNC2CC2)C1. The van der Waals surface area contributed by atoms with E-state index in [2.05, 4.69) is 10.0 Å². The summed E-state index contributed by atoms with van der Waals surface area (Å²) in [6, 6.07) is 0.738. The Hall–Kier alpha value is -0.170. The molecule has 0 amide bonds. The molecule has 0 spiro atoms. The average molecular weight is 276 g/mol. The van der Waals surface area contributed by atoms with Crippen LogP contribution in [0.15, 0.2) is 0 Å². The Balaban J connectivity index is 1.56. The van der Waals surface area contributed by atoms with Crippen LogP contribution in [0, 0.1) is 0 Å². The lowest BCUT2D eigenvalue weighted by atomic mass is 9.90. The van der Waals surface area contributed by atoms with Crippen molar-refractivity contribution in [2.24, 2.45) is 0 Å². The van der Waals surface area contributed by atoms with E-state index in [0.29, 0.717) is 19.1 Å². The van der Waals surface area contributed by atoms with E-state index in [0.717, 1.165) is 19.4 Å². The maximum Gasteiger partial charge on any atom is 0.211 e. The minimum atomic E-state index is -3.10. The molecule has 6 heteroatoms. The normalized spacial score (nSPS) is 28.1. The predicted octanol–water partition coefficient (Wildman–Crippen LogP) is 0.615. The van der Waals surface area contributed by atoms with Crippen molar-refractivity contribution in [2.75, 3.05) is 18.9 Å². The number of hydrogen-bond donors (Lipinski definition) is 2. The Labute approximate surface area is 110 Å². The second-order valence-electron chi connectivity index (χ2n) is 5.26. The molecule has 0 bridgehead atoms. The van der Waals surface area contributed by atoms with Gasteiger partial charge in [-0.3, -0.25) is 0 Å². The number of rotatable bonds is 9. The molecule has 0 unspecified atom stereocenters. The molecule has 0 heterocycles. The fraction of sp³-hybridized carbons (Fsp3) is 1.00. The van der Waals surface area contributed by atoms with E-state index in [1.165, 1.54) is 12.8 Å². The van der Waals surface area contributed by atoms with Gasteiger partial charge in [0.2, 0.25) is 10.0 Å². The van der Waals surface area contributed by atoms with Gasteiger partial charge in [0.05, 0.1) is 11.9 Å². The standard InChI is InChI=1S/C12H24N2O3S/c1-2-17-12-8-11(9-12)14-18(15,16)7-3-6-13-10-4-5-10/h10-14H,2-9H2,1H3. The Morgan fingerprint density at radius 3 is 2.56 bits per heavy atom. The number of nitrogens with one attached hydrogen (secondary N) is 2. The highest BCUT2D eigenvalue weighted by molar-refractivity contribution is 7.89. The summed E-state index contributed by atoms with van der Waals surface area (Å²) < 4.78 is 31.7. The Morgan fingerprint density at radius 1 is 1.22 bits per heavy atom. The van der Waals surface area contributed by atoms with Gasteiger partial charge in [0.15, 0.2) is 0 Å².